The molecule has 0 saturated carbocycles. The van der Waals surface area contributed by atoms with Gasteiger partial charge in [0.25, 0.3) is 0 Å². The SMILES string of the molecule is CCCCNC(=O)[C@@H](C)N(Cc1ccc(Cl)cc1Cl)C(=O)CSc1ccc(C)cc1. The summed E-state index contributed by atoms with van der Waals surface area (Å²) in [7, 11) is 0. The number of nitrogens with zero attached hydrogens (tertiary/aromatic N) is 1. The fourth-order valence-electron chi connectivity index (χ4n) is 2.81. The molecule has 2 rings (SSSR count). The van der Waals surface area contributed by atoms with Crippen molar-refractivity contribution in [1.29, 1.82) is 0 Å². The van der Waals surface area contributed by atoms with E-state index in [4.69, 9.17) is 23.2 Å². The van der Waals surface area contributed by atoms with Crippen molar-refractivity contribution in [3.63, 3.8) is 0 Å². The van der Waals surface area contributed by atoms with E-state index < -0.39 is 6.04 Å². The Morgan fingerprint density at radius 3 is 2.47 bits per heavy atom. The van der Waals surface area contributed by atoms with Crippen LogP contribution in [-0.4, -0.2) is 35.1 Å². The number of aryl methyl sites for hydroxylation is 1. The molecule has 1 N–H and O–H groups in total. The van der Waals surface area contributed by atoms with Crippen LogP contribution >= 0.6 is 35.0 Å². The van der Waals surface area contributed by atoms with Crippen molar-refractivity contribution in [2.24, 2.45) is 0 Å². The predicted molar refractivity (Wildman–Crippen MR) is 126 cm³/mol. The quantitative estimate of drug-likeness (QED) is 0.359. The summed E-state index contributed by atoms with van der Waals surface area (Å²) in [6.45, 7) is 6.68. The third-order valence-electron chi connectivity index (χ3n) is 4.74. The summed E-state index contributed by atoms with van der Waals surface area (Å²) in [6.07, 6.45) is 1.89. The number of halogens is 2. The number of nitrogens with one attached hydrogen (secondary N) is 1. The lowest BCUT2D eigenvalue weighted by molar-refractivity contribution is -0.138. The van der Waals surface area contributed by atoms with Crippen molar-refractivity contribution in [2.75, 3.05) is 12.3 Å². The van der Waals surface area contributed by atoms with Gasteiger partial charge in [-0.05, 0) is 50.1 Å². The number of unbranched alkanes of at least 4 members (excludes halogenated alkanes) is 1. The molecule has 2 amide bonds. The molecule has 4 nitrogen and oxygen atoms in total. The molecule has 7 heteroatoms. The van der Waals surface area contributed by atoms with Gasteiger partial charge in [-0.25, -0.2) is 0 Å². The first-order chi connectivity index (χ1) is 14.3. The average molecular weight is 467 g/mol. The molecule has 0 spiro atoms. The highest BCUT2D eigenvalue weighted by Crippen LogP contribution is 2.24. The molecule has 0 unspecified atom stereocenters. The van der Waals surface area contributed by atoms with E-state index in [0.29, 0.717) is 16.6 Å². The van der Waals surface area contributed by atoms with Crippen LogP contribution in [0.2, 0.25) is 10.0 Å². The summed E-state index contributed by atoms with van der Waals surface area (Å²) in [5.41, 5.74) is 1.92. The molecular formula is C23H28Cl2N2O2S. The topological polar surface area (TPSA) is 49.4 Å². The number of carbonyl (C=O) groups excluding carboxylic acids is 2. The number of carbonyl (C=O) groups is 2. The predicted octanol–water partition coefficient (Wildman–Crippen LogP) is 5.73. The zero-order chi connectivity index (χ0) is 22.1. The molecule has 0 fully saturated rings. The van der Waals surface area contributed by atoms with Crippen molar-refractivity contribution in [3.05, 3.63) is 63.6 Å². The van der Waals surface area contributed by atoms with Crippen molar-refractivity contribution >= 4 is 46.8 Å². The normalized spacial score (nSPS) is 11.8. The molecule has 30 heavy (non-hydrogen) atoms. The first-order valence-electron chi connectivity index (χ1n) is 10.0. The monoisotopic (exact) mass is 466 g/mol. The first-order valence-corrected chi connectivity index (χ1v) is 11.8. The number of benzene rings is 2. The molecule has 0 bridgehead atoms. The number of thioether (sulfide) groups is 1. The molecule has 2 aromatic carbocycles. The Morgan fingerprint density at radius 1 is 1.13 bits per heavy atom. The van der Waals surface area contributed by atoms with Gasteiger partial charge in [0.2, 0.25) is 11.8 Å². The highest BCUT2D eigenvalue weighted by molar-refractivity contribution is 8.00. The molecule has 162 valence electrons. The number of amides is 2. The molecular weight excluding hydrogens is 439 g/mol. The van der Waals surface area contributed by atoms with Gasteiger partial charge in [-0.15, -0.1) is 11.8 Å². The third kappa shape index (κ3) is 7.53. The largest absolute Gasteiger partial charge is 0.354 e. The van der Waals surface area contributed by atoms with Gasteiger partial charge in [-0.3, -0.25) is 9.59 Å². The molecule has 2 aromatic rings. The number of hydrogen-bond donors (Lipinski definition) is 1. The summed E-state index contributed by atoms with van der Waals surface area (Å²) < 4.78 is 0. The Morgan fingerprint density at radius 2 is 1.83 bits per heavy atom. The fourth-order valence-corrected chi connectivity index (χ4v) is 4.07. The maximum absolute atomic E-state index is 13.1. The molecule has 1 atom stereocenters. The molecule has 0 aliphatic heterocycles. The summed E-state index contributed by atoms with van der Waals surface area (Å²) in [6, 6.07) is 12.6. The number of rotatable bonds is 10. The van der Waals surface area contributed by atoms with Crippen LogP contribution in [-0.2, 0) is 16.1 Å². The van der Waals surface area contributed by atoms with Crippen LogP contribution in [0.3, 0.4) is 0 Å². The van der Waals surface area contributed by atoms with Crippen LogP contribution in [0.15, 0.2) is 47.4 Å². The van der Waals surface area contributed by atoms with Crippen LogP contribution in [0.5, 0.6) is 0 Å². The van der Waals surface area contributed by atoms with Gasteiger partial charge >= 0.3 is 0 Å². The Labute approximate surface area is 193 Å². The standard InChI is InChI=1S/C23H28Cl2N2O2S/c1-4-5-12-26-23(29)17(3)27(14-18-8-9-19(24)13-21(18)25)22(28)15-30-20-10-6-16(2)7-11-20/h6-11,13,17H,4-5,12,14-15H2,1-3H3,(H,26,29)/t17-/m1/s1. The summed E-state index contributed by atoms with van der Waals surface area (Å²) >= 11 is 13.8. The van der Waals surface area contributed by atoms with Crippen molar-refractivity contribution in [3.8, 4) is 0 Å². The Kier molecular flexibility index (Phi) is 10.0. The lowest BCUT2D eigenvalue weighted by atomic mass is 10.1. The molecule has 0 aliphatic rings. The second kappa shape index (κ2) is 12.2. The summed E-state index contributed by atoms with van der Waals surface area (Å²) in [5.74, 6) is -0.0483. The molecule has 0 aromatic heterocycles. The highest BCUT2D eigenvalue weighted by atomic mass is 35.5. The fraction of sp³-hybridized carbons (Fsp3) is 0.391. The minimum absolute atomic E-state index is 0.121. The van der Waals surface area contributed by atoms with Gasteiger partial charge in [0.15, 0.2) is 0 Å². The van der Waals surface area contributed by atoms with E-state index in [9.17, 15) is 9.59 Å². The summed E-state index contributed by atoms with van der Waals surface area (Å²) in [4.78, 5) is 28.3. The maximum Gasteiger partial charge on any atom is 0.242 e. The van der Waals surface area contributed by atoms with Gasteiger partial charge in [-0.2, -0.15) is 0 Å². The van der Waals surface area contributed by atoms with Crippen LogP contribution in [0.1, 0.15) is 37.8 Å². The number of hydrogen-bond acceptors (Lipinski definition) is 3. The zero-order valence-electron chi connectivity index (χ0n) is 17.6. The molecule has 0 saturated heterocycles. The van der Waals surface area contributed by atoms with Gasteiger partial charge in [0.1, 0.15) is 6.04 Å². The second-order valence-electron chi connectivity index (χ2n) is 7.18. The van der Waals surface area contributed by atoms with Crippen LogP contribution < -0.4 is 5.32 Å². The summed E-state index contributed by atoms with van der Waals surface area (Å²) in [5, 5.41) is 3.92. The van der Waals surface area contributed by atoms with E-state index >= 15 is 0 Å². The first kappa shape index (κ1) is 24.6. The van der Waals surface area contributed by atoms with Crippen molar-refractivity contribution in [1.82, 2.24) is 10.2 Å². The van der Waals surface area contributed by atoms with Crippen LogP contribution in [0.25, 0.3) is 0 Å². The van der Waals surface area contributed by atoms with Crippen LogP contribution in [0, 0.1) is 6.92 Å². The van der Waals surface area contributed by atoms with Crippen molar-refractivity contribution in [2.45, 2.75) is 51.1 Å². The Hall–Kier alpha value is -1.69. The Balaban J connectivity index is 2.14. The van der Waals surface area contributed by atoms with E-state index in [-0.39, 0.29) is 24.1 Å². The highest BCUT2D eigenvalue weighted by Gasteiger charge is 2.26. The van der Waals surface area contributed by atoms with E-state index in [0.717, 1.165) is 23.3 Å². The molecule has 0 radical (unpaired) electrons. The van der Waals surface area contributed by atoms with Gasteiger partial charge in [-0.1, -0.05) is 60.3 Å². The van der Waals surface area contributed by atoms with E-state index in [1.165, 1.54) is 17.3 Å². The second-order valence-corrected chi connectivity index (χ2v) is 9.07. The minimum Gasteiger partial charge on any atom is -0.354 e. The van der Waals surface area contributed by atoms with Gasteiger partial charge in [0, 0.05) is 28.0 Å². The Bertz CT molecular complexity index is 859. The lowest BCUT2D eigenvalue weighted by Crippen LogP contribution is -2.48. The van der Waals surface area contributed by atoms with E-state index in [2.05, 4.69) is 12.2 Å². The zero-order valence-corrected chi connectivity index (χ0v) is 19.9. The lowest BCUT2D eigenvalue weighted by Gasteiger charge is -2.29. The smallest absolute Gasteiger partial charge is 0.242 e. The van der Waals surface area contributed by atoms with Crippen molar-refractivity contribution < 1.29 is 9.59 Å². The third-order valence-corrected chi connectivity index (χ3v) is 6.32. The average Bonchev–Trinajstić information content (AvgIpc) is 2.72. The molecule has 0 aliphatic carbocycles. The van der Waals surface area contributed by atoms with Crippen LogP contribution in [0.4, 0.5) is 0 Å². The molecule has 0 heterocycles. The minimum atomic E-state index is -0.611. The van der Waals surface area contributed by atoms with Gasteiger partial charge in [0.05, 0.1) is 5.75 Å². The van der Waals surface area contributed by atoms with E-state index in [1.54, 1.807) is 30.0 Å². The maximum atomic E-state index is 13.1. The van der Waals surface area contributed by atoms with E-state index in [1.807, 2.05) is 31.2 Å². The van der Waals surface area contributed by atoms with Gasteiger partial charge < -0.3 is 10.2 Å².